The van der Waals surface area contributed by atoms with Gasteiger partial charge in [-0.3, -0.25) is 4.79 Å². The van der Waals surface area contributed by atoms with Crippen molar-refractivity contribution in [1.29, 1.82) is 0 Å². The number of aryl methyl sites for hydroxylation is 1. The lowest BCUT2D eigenvalue weighted by molar-refractivity contribution is -0.140. The van der Waals surface area contributed by atoms with Gasteiger partial charge < -0.3 is 10.4 Å². The average molecular weight is 383 g/mol. The van der Waals surface area contributed by atoms with Gasteiger partial charge in [0.25, 0.3) is 5.78 Å². The summed E-state index contributed by atoms with van der Waals surface area (Å²) in [5, 5.41) is 16.0. The van der Waals surface area contributed by atoms with Crippen LogP contribution in [0.1, 0.15) is 29.3 Å². The molecule has 3 rings (SSSR count). The maximum Gasteiger partial charge on any atom is 0.419 e. The van der Waals surface area contributed by atoms with Crippen molar-refractivity contribution in [3.63, 3.8) is 0 Å². The second-order valence-electron chi connectivity index (χ2n) is 5.79. The molecule has 0 saturated carbocycles. The monoisotopic (exact) mass is 383 g/mol. The summed E-state index contributed by atoms with van der Waals surface area (Å²) in [5.41, 5.74) is -0.810. The minimum Gasteiger partial charge on any atom is -0.481 e. The number of carboxylic acids is 1. The van der Waals surface area contributed by atoms with Crippen LogP contribution >= 0.6 is 0 Å². The van der Waals surface area contributed by atoms with Gasteiger partial charge in [0, 0.05) is 11.8 Å². The third kappa shape index (κ3) is 3.96. The van der Waals surface area contributed by atoms with E-state index in [0.29, 0.717) is 23.6 Å². The highest BCUT2D eigenvalue weighted by atomic mass is 19.4. The maximum atomic E-state index is 13.9. The zero-order valence-electron chi connectivity index (χ0n) is 13.8. The molecular weight excluding hydrogens is 370 g/mol. The lowest BCUT2D eigenvalue weighted by Crippen LogP contribution is -2.18. The third-order valence-electron chi connectivity index (χ3n) is 3.78. The van der Waals surface area contributed by atoms with Crippen molar-refractivity contribution in [3.8, 4) is 0 Å². The summed E-state index contributed by atoms with van der Waals surface area (Å²) in [6.07, 6.45) is -4.09. The molecule has 0 saturated heterocycles. The number of hydrogen-bond donors (Lipinski definition) is 2. The summed E-state index contributed by atoms with van der Waals surface area (Å²) in [7, 11) is 0. The van der Waals surface area contributed by atoms with Crippen molar-refractivity contribution >= 4 is 17.6 Å². The van der Waals surface area contributed by atoms with E-state index in [2.05, 4.69) is 20.4 Å². The molecule has 0 fully saturated rings. The van der Waals surface area contributed by atoms with Gasteiger partial charge >= 0.3 is 12.1 Å². The SMILES string of the molecule is Cc1cc(NC(CC(=O)O)c2ccc(C(F)(F)F)c(F)c2)n2ncnc2n1. The molecule has 27 heavy (non-hydrogen) atoms. The van der Waals surface area contributed by atoms with Gasteiger partial charge in [-0.15, -0.1) is 0 Å². The van der Waals surface area contributed by atoms with Crippen LogP contribution < -0.4 is 5.32 Å². The molecule has 7 nitrogen and oxygen atoms in total. The first-order valence-electron chi connectivity index (χ1n) is 7.67. The Balaban J connectivity index is 2.00. The molecule has 0 amide bonds. The van der Waals surface area contributed by atoms with E-state index in [0.717, 1.165) is 6.07 Å². The van der Waals surface area contributed by atoms with Gasteiger partial charge in [0.05, 0.1) is 18.0 Å². The number of benzene rings is 1. The lowest BCUT2D eigenvalue weighted by Gasteiger charge is -2.20. The zero-order chi connectivity index (χ0) is 19.8. The highest BCUT2D eigenvalue weighted by Crippen LogP contribution is 2.33. The van der Waals surface area contributed by atoms with E-state index in [1.54, 1.807) is 13.0 Å². The summed E-state index contributed by atoms with van der Waals surface area (Å²) in [5.74, 6) is -2.12. The van der Waals surface area contributed by atoms with Crippen LogP contribution in [0.3, 0.4) is 0 Å². The molecule has 1 atom stereocenters. The minimum absolute atomic E-state index is 0.0469. The summed E-state index contributed by atoms with van der Waals surface area (Å²) in [4.78, 5) is 19.3. The van der Waals surface area contributed by atoms with E-state index >= 15 is 0 Å². The molecule has 0 bridgehead atoms. The number of anilines is 1. The lowest BCUT2D eigenvalue weighted by atomic mass is 10.0. The number of nitrogens with zero attached hydrogens (tertiary/aromatic N) is 4. The quantitative estimate of drug-likeness (QED) is 0.658. The van der Waals surface area contributed by atoms with Crippen molar-refractivity contribution in [2.24, 2.45) is 0 Å². The second-order valence-corrected chi connectivity index (χ2v) is 5.79. The van der Waals surface area contributed by atoms with Gasteiger partial charge in [0.15, 0.2) is 0 Å². The van der Waals surface area contributed by atoms with E-state index < -0.39 is 36.0 Å². The fraction of sp³-hybridized carbons (Fsp3) is 0.250. The summed E-state index contributed by atoms with van der Waals surface area (Å²) >= 11 is 0. The molecule has 0 radical (unpaired) electrons. The number of hydrogen-bond acceptors (Lipinski definition) is 5. The summed E-state index contributed by atoms with van der Waals surface area (Å²) in [6.45, 7) is 1.68. The number of carbonyl (C=O) groups is 1. The Bertz CT molecular complexity index is 1000. The first kappa shape index (κ1) is 18.5. The second kappa shape index (κ2) is 6.82. The fourth-order valence-corrected chi connectivity index (χ4v) is 2.62. The van der Waals surface area contributed by atoms with Crippen LogP contribution in [0.15, 0.2) is 30.6 Å². The fourth-order valence-electron chi connectivity index (χ4n) is 2.62. The number of alkyl halides is 3. The molecule has 0 aliphatic heterocycles. The van der Waals surface area contributed by atoms with Crippen molar-refractivity contribution in [2.75, 3.05) is 5.32 Å². The minimum atomic E-state index is -4.84. The largest absolute Gasteiger partial charge is 0.481 e. The molecule has 1 aromatic carbocycles. The number of aromatic nitrogens is 4. The number of halogens is 4. The topological polar surface area (TPSA) is 92.4 Å². The van der Waals surface area contributed by atoms with E-state index in [4.69, 9.17) is 5.11 Å². The Labute approximate surface area is 149 Å². The summed E-state index contributed by atoms with van der Waals surface area (Å²) < 4.78 is 53.5. The normalized spacial score (nSPS) is 12.9. The van der Waals surface area contributed by atoms with Crippen molar-refractivity contribution in [3.05, 3.63) is 53.2 Å². The molecule has 0 spiro atoms. The van der Waals surface area contributed by atoms with Crippen molar-refractivity contribution in [2.45, 2.75) is 25.6 Å². The van der Waals surface area contributed by atoms with Gasteiger partial charge in [-0.25, -0.2) is 9.37 Å². The molecule has 0 aliphatic rings. The zero-order valence-corrected chi connectivity index (χ0v) is 13.8. The molecular formula is C16H13F4N5O2. The molecule has 1 unspecified atom stereocenters. The summed E-state index contributed by atoms with van der Waals surface area (Å²) in [6, 6.07) is 2.87. The molecule has 2 heterocycles. The average Bonchev–Trinajstić information content (AvgIpc) is 3.00. The van der Waals surface area contributed by atoms with E-state index in [9.17, 15) is 22.4 Å². The Morgan fingerprint density at radius 3 is 2.70 bits per heavy atom. The highest BCUT2D eigenvalue weighted by Gasteiger charge is 2.34. The van der Waals surface area contributed by atoms with E-state index in [1.807, 2.05) is 0 Å². The molecule has 3 aromatic rings. The maximum absolute atomic E-state index is 13.9. The Morgan fingerprint density at radius 2 is 2.07 bits per heavy atom. The predicted molar refractivity (Wildman–Crippen MR) is 85.5 cm³/mol. The number of carboxylic acid groups (broad SMARTS) is 1. The molecule has 2 aromatic heterocycles. The van der Waals surface area contributed by atoms with Crippen LogP contribution in [0.5, 0.6) is 0 Å². The number of rotatable bonds is 5. The van der Waals surface area contributed by atoms with Gasteiger partial charge in [0.2, 0.25) is 0 Å². The van der Waals surface area contributed by atoms with Crippen LogP contribution in [0.4, 0.5) is 23.4 Å². The Kier molecular flexibility index (Phi) is 4.68. The van der Waals surface area contributed by atoms with Crippen LogP contribution in [-0.2, 0) is 11.0 Å². The highest BCUT2D eigenvalue weighted by molar-refractivity contribution is 5.69. The smallest absolute Gasteiger partial charge is 0.419 e. The molecule has 142 valence electrons. The van der Waals surface area contributed by atoms with E-state index in [-0.39, 0.29) is 11.3 Å². The first-order chi connectivity index (χ1) is 12.6. The van der Waals surface area contributed by atoms with Crippen LogP contribution in [0.2, 0.25) is 0 Å². The Morgan fingerprint density at radius 1 is 1.33 bits per heavy atom. The van der Waals surface area contributed by atoms with Crippen LogP contribution in [0.25, 0.3) is 5.78 Å². The van der Waals surface area contributed by atoms with Crippen LogP contribution in [0, 0.1) is 12.7 Å². The number of aliphatic carboxylic acids is 1. The van der Waals surface area contributed by atoms with Gasteiger partial charge in [-0.05, 0) is 24.6 Å². The van der Waals surface area contributed by atoms with Gasteiger partial charge in [0.1, 0.15) is 18.0 Å². The van der Waals surface area contributed by atoms with Crippen LogP contribution in [-0.4, -0.2) is 30.7 Å². The number of fused-ring (bicyclic) bond motifs is 1. The van der Waals surface area contributed by atoms with Crippen molar-refractivity contribution < 1.29 is 27.5 Å². The first-order valence-corrected chi connectivity index (χ1v) is 7.67. The molecule has 0 aliphatic carbocycles. The molecule has 2 N–H and O–H groups in total. The van der Waals surface area contributed by atoms with Gasteiger partial charge in [-0.1, -0.05) is 6.07 Å². The predicted octanol–water partition coefficient (Wildman–Crippen LogP) is 3.22. The standard InChI is InChI=1S/C16H13F4N5O2/c1-8-4-13(25-15(23-8)21-7-22-25)24-12(6-14(26)27)9-2-3-10(11(17)5-9)16(18,19)20/h2-5,7,12,24H,6H2,1H3,(H,26,27). The van der Waals surface area contributed by atoms with Crippen molar-refractivity contribution in [1.82, 2.24) is 19.6 Å². The van der Waals surface area contributed by atoms with Gasteiger partial charge in [-0.2, -0.15) is 27.8 Å². The molecule has 11 heteroatoms. The number of nitrogens with one attached hydrogen (secondary N) is 1. The van der Waals surface area contributed by atoms with E-state index in [1.165, 1.54) is 10.8 Å². The third-order valence-corrected chi connectivity index (χ3v) is 3.78. The Hall–Kier alpha value is -3.24.